The second kappa shape index (κ2) is 8.56. The molecule has 2 N–H and O–H groups in total. The van der Waals surface area contributed by atoms with Gasteiger partial charge in [-0.05, 0) is 20.2 Å². The summed E-state index contributed by atoms with van der Waals surface area (Å²) in [7, 11) is 3.94. The fourth-order valence-corrected chi connectivity index (χ4v) is 3.88. The van der Waals surface area contributed by atoms with Gasteiger partial charge < -0.3 is 24.3 Å². The quantitative estimate of drug-likeness (QED) is 0.473. The molecule has 0 aliphatic carbocycles. The second-order valence-electron chi connectivity index (χ2n) is 8.10. The molecule has 10 heteroatoms. The molecule has 3 aromatic heterocycles. The minimum atomic E-state index is -0.193. The van der Waals surface area contributed by atoms with E-state index in [0.29, 0.717) is 31.1 Å². The van der Waals surface area contributed by atoms with Gasteiger partial charge in [0.15, 0.2) is 11.5 Å². The van der Waals surface area contributed by atoms with E-state index in [1.807, 2.05) is 54.0 Å². The van der Waals surface area contributed by atoms with Crippen molar-refractivity contribution in [2.75, 3.05) is 58.4 Å². The highest BCUT2D eigenvalue weighted by Crippen LogP contribution is 2.30. The second-order valence-corrected chi connectivity index (χ2v) is 8.10. The Hall–Kier alpha value is -3.50. The summed E-state index contributed by atoms with van der Waals surface area (Å²) in [4.78, 5) is 26.5. The minimum absolute atomic E-state index is 0.193. The summed E-state index contributed by atoms with van der Waals surface area (Å²) in [5.41, 5.74) is 3.75. The highest BCUT2D eigenvalue weighted by Gasteiger charge is 2.21. The molecule has 1 amide bonds. The Morgan fingerprint density at radius 1 is 1.22 bits per heavy atom. The minimum Gasteiger partial charge on any atom is -0.378 e. The Balaban J connectivity index is 1.58. The first kappa shape index (κ1) is 20.4. The smallest absolute Gasteiger partial charge is 0.271 e. The van der Waals surface area contributed by atoms with Crippen LogP contribution in [0.1, 0.15) is 10.5 Å². The average molecular weight is 435 g/mol. The zero-order valence-corrected chi connectivity index (χ0v) is 18.2. The first-order valence-electron chi connectivity index (χ1n) is 10.7. The number of morpholine rings is 1. The third-order valence-electron chi connectivity index (χ3n) is 5.57. The SMILES string of the molecule is CN(C)CCNC(=O)c1cn2cc(-c3cccc4[nH]ncc34)nc(N3CCOCC3)c2n1. The monoisotopic (exact) mass is 434 g/mol. The number of anilines is 1. The molecule has 1 saturated heterocycles. The van der Waals surface area contributed by atoms with Gasteiger partial charge in [-0.25, -0.2) is 9.97 Å². The molecule has 1 aromatic carbocycles. The van der Waals surface area contributed by atoms with Gasteiger partial charge in [0.25, 0.3) is 5.91 Å². The summed E-state index contributed by atoms with van der Waals surface area (Å²) < 4.78 is 7.42. The summed E-state index contributed by atoms with van der Waals surface area (Å²) >= 11 is 0. The van der Waals surface area contributed by atoms with Crippen molar-refractivity contribution in [1.82, 2.24) is 34.8 Å². The van der Waals surface area contributed by atoms with Crippen LogP contribution in [0.4, 0.5) is 5.82 Å². The fourth-order valence-electron chi connectivity index (χ4n) is 3.88. The number of nitrogens with zero attached hydrogens (tertiary/aromatic N) is 6. The lowest BCUT2D eigenvalue weighted by Crippen LogP contribution is -2.37. The molecule has 32 heavy (non-hydrogen) atoms. The summed E-state index contributed by atoms with van der Waals surface area (Å²) in [6.07, 6.45) is 5.50. The highest BCUT2D eigenvalue weighted by atomic mass is 16.5. The number of aromatic nitrogens is 5. The predicted molar refractivity (Wildman–Crippen MR) is 122 cm³/mol. The average Bonchev–Trinajstić information content (AvgIpc) is 3.45. The Labute approximate surface area is 185 Å². The molecule has 0 spiro atoms. The van der Waals surface area contributed by atoms with E-state index < -0.39 is 0 Å². The van der Waals surface area contributed by atoms with E-state index in [2.05, 4.69) is 25.4 Å². The molecule has 1 aliphatic heterocycles. The van der Waals surface area contributed by atoms with E-state index in [9.17, 15) is 4.79 Å². The number of likely N-dealkylation sites (N-methyl/N-ethyl adjacent to an activating group) is 1. The molecule has 4 heterocycles. The van der Waals surface area contributed by atoms with Gasteiger partial charge in [0, 0.05) is 49.5 Å². The van der Waals surface area contributed by atoms with Crippen molar-refractivity contribution < 1.29 is 9.53 Å². The number of hydrogen-bond acceptors (Lipinski definition) is 7. The zero-order valence-electron chi connectivity index (χ0n) is 18.2. The molecular weight excluding hydrogens is 408 g/mol. The number of nitrogens with one attached hydrogen (secondary N) is 2. The molecule has 0 unspecified atom stereocenters. The van der Waals surface area contributed by atoms with Crippen molar-refractivity contribution in [2.24, 2.45) is 0 Å². The summed E-state index contributed by atoms with van der Waals surface area (Å²) in [5.74, 6) is 0.556. The first-order chi connectivity index (χ1) is 15.6. The van der Waals surface area contributed by atoms with E-state index in [4.69, 9.17) is 9.72 Å². The summed E-state index contributed by atoms with van der Waals surface area (Å²) in [6, 6.07) is 6.00. The Kier molecular flexibility index (Phi) is 5.46. The van der Waals surface area contributed by atoms with Gasteiger partial charge in [0.05, 0.1) is 30.6 Å². The summed E-state index contributed by atoms with van der Waals surface area (Å²) in [6.45, 7) is 4.03. The van der Waals surface area contributed by atoms with Gasteiger partial charge in [-0.2, -0.15) is 5.10 Å². The van der Waals surface area contributed by atoms with Gasteiger partial charge in [-0.3, -0.25) is 9.89 Å². The van der Waals surface area contributed by atoms with Crippen molar-refractivity contribution in [3.8, 4) is 11.3 Å². The van der Waals surface area contributed by atoms with E-state index in [1.54, 1.807) is 6.20 Å². The van der Waals surface area contributed by atoms with Crippen LogP contribution in [0.3, 0.4) is 0 Å². The van der Waals surface area contributed by atoms with Crippen molar-refractivity contribution in [3.05, 3.63) is 42.5 Å². The number of imidazole rings is 1. The van der Waals surface area contributed by atoms with Gasteiger partial charge in [-0.15, -0.1) is 0 Å². The molecule has 10 nitrogen and oxygen atoms in total. The zero-order chi connectivity index (χ0) is 22.1. The van der Waals surface area contributed by atoms with E-state index in [-0.39, 0.29) is 5.91 Å². The molecule has 166 valence electrons. The number of fused-ring (bicyclic) bond motifs is 2. The Morgan fingerprint density at radius 2 is 2.06 bits per heavy atom. The van der Waals surface area contributed by atoms with Crippen LogP contribution in [0.2, 0.25) is 0 Å². The van der Waals surface area contributed by atoms with Gasteiger partial charge >= 0.3 is 0 Å². The molecule has 0 atom stereocenters. The number of carbonyl (C=O) groups excluding carboxylic acids is 1. The van der Waals surface area contributed by atoms with Gasteiger partial charge in [0.2, 0.25) is 0 Å². The Morgan fingerprint density at radius 3 is 2.88 bits per heavy atom. The molecule has 1 aliphatic rings. The molecular formula is C22H26N8O2. The molecule has 1 fully saturated rings. The maximum atomic E-state index is 12.7. The maximum absolute atomic E-state index is 12.7. The molecule has 0 radical (unpaired) electrons. The number of ether oxygens (including phenoxy) is 1. The van der Waals surface area contributed by atoms with Crippen molar-refractivity contribution in [3.63, 3.8) is 0 Å². The standard InChI is InChI=1S/C22H26N8O2/c1-28(2)7-6-23-22(31)19-14-30-13-18(15-4-3-5-17-16(15)12-24-27-17)25-20(21(30)26-19)29-8-10-32-11-9-29/h3-5,12-14H,6-11H2,1-2H3,(H,23,31)(H,24,27). The van der Waals surface area contributed by atoms with Gasteiger partial charge in [-0.1, -0.05) is 12.1 Å². The largest absolute Gasteiger partial charge is 0.378 e. The number of carbonyl (C=O) groups is 1. The van der Waals surface area contributed by atoms with Crippen LogP contribution in [-0.4, -0.2) is 88.9 Å². The lowest BCUT2D eigenvalue weighted by atomic mass is 10.1. The van der Waals surface area contributed by atoms with Gasteiger partial charge in [0.1, 0.15) is 5.69 Å². The number of benzene rings is 1. The van der Waals surface area contributed by atoms with Crippen molar-refractivity contribution >= 4 is 28.3 Å². The van der Waals surface area contributed by atoms with Crippen LogP contribution in [0, 0.1) is 0 Å². The number of hydrogen-bond donors (Lipinski definition) is 2. The molecule has 0 bridgehead atoms. The Bertz CT molecular complexity index is 1260. The fraction of sp³-hybridized carbons (Fsp3) is 0.364. The molecule has 4 aromatic rings. The topological polar surface area (TPSA) is 104 Å². The number of aromatic amines is 1. The van der Waals surface area contributed by atoms with Crippen LogP contribution >= 0.6 is 0 Å². The normalized spacial score (nSPS) is 14.5. The lowest BCUT2D eigenvalue weighted by molar-refractivity contribution is 0.0946. The van der Waals surface area contributed by atoms with Crippen molar-refractivity contribution in [2.45, 2.75) is 0 Å². The number of H-pyrrole nitrogens is 1. The molecule has 5 rings (SSSR count). The van der Waals surface area contributed by atoms with Crippen LogP contribution in [0.15, 0.2) is 36.8 Å². The lowest BCUT2D eigenvalue weighted by Gasteiger charge is -2.28. The highest BCUT2D eigenvalue weighted by molar-refractivity contribution is 5.95. The third kappa shape index (κ3) is 3.90. The first-order valence-corrected chi connectivity index (χ1v) is 10.7. The van der Waals surface area contributed by atoms with Crippen LogP contribution < -0.4 is 10.2 Å². The van der Waals surface area contributed by atoms with E-state index >= 15 is 0 Å². The van der Waals surface area contributed by atoms with Crippen LogP contribution in [0.25, 0.3) is 27.8 Å². The summed E-state index contributed by atoms with van der Waals surface area (Å²) in [5, 5.41) is 11.1. The molecule has 0 saturated carbocycles. The third-order valence-corrected chi connectivity index (χ3v) is 5.57. The van der Waals surface area contributed by atoms with E-state index in [0.717, 1.165) is 47.6 Å². The maximum Gasteiger partial charge on any atom is 0.271 e. The van der Waals surface area contributed by atoms with E-state index in [1.165, 1.54) is 0 Å². The number of amides is 1. The van der Waals surface area contributed by atoms with Crippen LogP contribution in [-0.2, 0) is 4.74 Å². The van der Waals surface area contributed by atoms with Crippen molar-refractivity contribution in [1.29, 1.82) is 0 Å². The van der Waals surface area contributed by atoms with Crippen LogP contribution in [0.5, 0.6) is 0 Å². The number of rotatable bonds is 6. The predicted octanol–water partition coefficient (Wildman–Crippen LogP) is 1.40.